The van der Waals surface area contributed by atoms with Crippen molar-refractivity contribution in [3.05, 3.63) is 46.8 Å². The summed E-state index contributed by atoms with van der Waals surface area (Å²) in [5, 5.41) is 9.12. The monoisotopic (exact) mass is 372 g/mol. The number of nitrogens with two attached hydrogens (primary N) is 1. The number of thiophene rings is 1. The van der Waals surface area contributed by atoms with Gasteiger partial charge in [-0.2, -0.15) is 0 Å². The van der Waals surface area contributed by atoms with Crippen LogP contribution in [0.2, 0.25) is 0 Å². The fraction of sp³-hybridized carbons (Fsp3) is 0.450. The standard InChI is InChI=1S/C20H24N2O3S/c21-16(13-23)19(24)22-9-7-20(8-10-22)18-15(6-11-25-20)12-17(26-18)14-4-2-1-3-5-14/h1-5,12,16,23H,6-11,13,21H2/t16-/m0/s1. The van der Waals surface area contributed by atoms with Gasteiger partial charge in [0.25, 0.3) is 0 Å². The number of ether oxygens (including phenoxy) is 1. The molecule has 5 nitrogen and oxygen atoms in total. The molecule has 1 saturated heterocycles. The van der Waals surface area contributed by atoms with Crippen LogP contribution in [0.25, 0.3) is 10.4 Å². The van der Waals surface area contributed by atoms with E-state index in [4.69, 9.17) is 15.6 Å². The normalized spacial score (nSPS) is 20.0. The average Bonchev–Trinajstić information content (AvgIpc) is 3.14. The highest BCUT2D eigenvalue weighted by molar-refractivity contribution is 7.15. The summed E-state index contributed by atoms with van der Waals surface area (Å²) in [6.45, 7) is 1.64. The number of carbonyl (C=O) groups excluding carboxylic acids is 1. The highest BCUT2D eigenvalue weighted by Gasteiger charge is 2.43. The molecule has 4 rings (SSSR count). The predicted molar refractivity (Wildman–Crippen MR) is 102 cm³/mol. The molecule has 1 amide bonds. The van der Waals surface area contributed by atoms with Gasteiger partial charge in [-0.25, -0.2) is 0 Å². The maximum atomic E-state index is 12.2. The van der Waals surface area contributed by atoms with E-state index < -0.39 is 6.04 Å². The van der Waals surface area contributed by atoms with Gasteiger partial charge in [0.1, 0.15) is 11.6 Å². The Morgan fingerprint density at radius 2 is 2.04 bits per heavy atom. The Kier molecular flexibility index (Phi) is 4.84. The number of fused-ring (bicyclic) bond motifs is 2. The van der Waals surface area contributed by atoms with Gasteiger partial charge in [-0.3, -0.25) is 4.79 Å². The smallest absolute Gasteiger partial charge is 0.241 e. The maximum Gasteiger partial charge on any atom is 0.241 e. The third-order valence-electron chi connectivity index (χ3n) is 5.43. The van der Waals surface area contributed by atoms with Crippen molar-refractivity contribution >= 4 is 17.2 Å². The van der Waals surface area contributed by atoms with E-state index >= 15 is 0 Å². The van der Waals surface area contributed by atoms with E-state index in [-0.39, 0.29) is 18.1 Å². The lowest BCUT2D eigenvalue weighted by atomic mass is 9.85. The van der Waals surface area contributed by atoms with E-state index in [0.29, 0.717) is 13.1 Å². The Bertz CT molecular complexity index is 782. The van der Waals surface area contributed by atoms with Crippen LogP contribution >= 0.6 is 11.3 Å². The molecule has 0 bridgehead atoms. The zero-order valence-electron chi connectivity index (χ0n) is 14.7. The Hall–Kier alpha value is -1.73. The predicted octanol–water partition coefficient (Wildman–Crippen LogP) is 2.13. The molecule has 26 heavy (non-hydrogen) atoms. The molecular formula is C20H24N2O3S. The van der Waals surface area contributed by atoms with Crippen molar-refractivity contribution in [2.75, 3.05) is 26.3 Å². The van der Waals surface area contributed by atoms with Crippen LogP contribution in [-0.2, 0) is 21.6 Å². The van der Waals surface area contributed by atoms with Gasteiger partial charge in [0.15, 0.2) is 0 Å². The van der Waals surface area contributed by atoms with E-state index in [0.717, 1.165) is 25.9 Å². The summed E-state index contributed by atoms with van der Waals surface area (Å²) in [7, 11) is 0. The highest BCUT2D eigenvalue weighted by Crippen LogP contribution is 2.47. The molecule has 6 heteroatoms. The van der Waals surface area contributed by atoms with E-state index in [1.54, 1.807) is 4.90 Å². The van der Waals surface area contributed by atoms with E-state index in [1.165, 1.54) is 20.9 Å². The SMILES string of the molecule is N[C@@H](CO)C(=O)N1CCC2(CC1)OCCc1cc(-c3ccccc3)sc12. The van der Waals surface area contributed by atoms with E-state index in [2.05, 4.69) is 30.3 Å². The molecule has 0 aliphatic carbocycles. The summed E-state index contributed by atoms with van der Waals surface area (Å²) in [6.07, 6.45) is 2.50. The first kappa shape index (κ1) is 17.7. The first-order chi connectivity index (χ1) is 12.6. The Labute approximate surface area is 157 Å². The van der Waals surface area contributed by atoms with Crippen molar-refractivity contribution in [1.82, 2.24) is 4.90 Å². The van der Waals surface area contributed by atoms with E-state index in [9.17, 15) is 4.79 Å². The number of likely N-dealkylation sites (tertiary alicyclic amines) is 1. The van der Waals surface area contributed by atoms with Crippen LogP contribution in [0.4, 0.5) is 0 Å². The van der Waals surface area contributed by atoms with Gasteiger partial charge in [0.2, 0.25) is 5.91 Å². The zero-order valence-corrected chi connectivity index (χ0v) is 15.5. The van der Waals surface area contributed by atoms with Crippen molar-refractivity contribution in [1.29, 1.82) is 0 Å². The number of carbonyl (C=O) groups is 1. The fourth-order valence-corrected chi connectivity index (χ4v) is 5.36. The minimum absolute atomic E-state index is 0.172. The Morgan fingerprint density at radius 3 is 2.73 bits per heavy atom. The maximum absolute atomic E-state index is 12.2. The number of hydrogen-bond donors (Lipinski definition) is 2. The summed E-state index contributed by atoms with van der Waals surface area (Å²) in [5.41, 5.74) is 8.03. The van der Waals surface area contributed by atoms with Crippen LogP contribution in [0, 0.1) is 0 Å². The first-order valence-electron chi connectivity index (χ1n) is 9.11. The first-order valence-corrected chi connectivity index (χ1v) is 9.92. The van der Waals surface area contributed by atoms with Crippen LogP contribution in [0.3, 0.4) is 0 Å². The molecule has 2 aliphatic heterocycles. The lowest BCUT2D eigenvalue weighted by Gasteiger charge is -2.44. The van der Waals surface area contributed by atoms with Gasteiger partial charge in [-0.05, 0) is 36.5 Å². The zero-order chi connectivity index (χ0) is 18.1. The molecule has 2 aromatic rings. The van der Waals surface area contributed by atoms with Crippen molar-refractivity contribution in [2.45, 2.75) is 30.9 Å². The fourth-order valence-electron chi connectivity index (χ4n) is 3.94. The number of aliphatic hydroxyl groups is 1. The van der Waals surface area contributed by atoms with Gasteiger partial charge in [-0.1, -0.05) is 30.3 Å². The molecule has 0 unspecified atom stereocenters. The highest BCUT2D eigenvalue weighted by atomic mass is 32.1. The molecule has 1 fully saturated rings. The van der Waals surface area contributed by atoms with Crippen LogP contribution in [0.5, 0.6) is 0 Å². The molecule has 2 aliphatic rings. The Morgan fingerprint density at radius 1 is 1.31 bits per heavy atom. The molecule has 0 saturated carbocycles. The summed E-state index contributed by atoms with van der Waals surface area (Å²) in [5.74, 6) is -0.172. The summed E-state index contributed by atoms with van der Waals surface area (Å²) >= 11 is 1.82. The van der Waals surface area contributed by atoms with Crippen molar-refractivity contribution < 1.29 is 14.6 Å². The van der Waals surface area contributed by atoms with Crippen LogP contribution in [-0.4, -0.2) is 48.3 Å². The minimum atomic E-state index is -0.821. The van der Waals surface area contributed by atoms with Crippen molar-refractivity contribution in [3.8, 4) is 10.4 Å². The molecule has 1 atom stereocenters. The second-order valence-corrected chi connectivity index (χ2v) is 8.09. The average molecular weight is 372 g/mol. The van der Waals surface area contributed by atoms with Gasteiger partial charge in [0.05, 0.1) is 13.2 Å². The third-order valence-corrected chi connectivity index (χ3v) is 6.84. The van der Waals surface area contributed by atoms with Gasteiger partial charge < -0.3 is 20.5 Å². The quantitative estimate of drug-likeness (QED) is 0.865. The lowest BCUT2D eigenvalue weighted by Crippen LogP contribution is -2.52. The van der Waals surface area contributed by atoms with Crippen LogP contribution in [0.1, 0.15) is 23.3 Å². The van der Waals surface area contributed by atoms with Gasteiger partial charge >= 0.3 is 0 Å². The van der Waals surface area contributed by atoms with Crippen LogP contribution in [0.15, 0.2) is 36.4 Å². The largest absolute Gasteiger partial charge is 0.394 e. The van der Waals surface area contributed by atoms with Crippen LogP contribution < -0.4 is 5.73 Å². The number of rotatable bonds is 3. The lowest BCUT2D eigenvalue weighted by molar-refractivity contribution is -0.142. The number of aliphatic hydroxyl groups excluding tert-OH is 1. The minimum Gasteiger partial charge on any atom is -0.394 e. The summed E-state index contributed by atoms with van der Waals surface area (Å²) in [4.78, 5) is 16.6. The molecule has 1 spiro atoms. The van der Waals surface area contributed by atoms with Crippen molar-refractivity contribution in [3.63, 3.8) is 0 Å². The number of piperidine rings is 1. The second kappa shape index (κ2) is 7.12. The van der Waals surface area contributed by atoms with Crippen molar-refractivity contribution in [2.24, 2.45) is 5.73 Å². The molecular weight excluding hydrogens is 348 g/mol. The van der Waals surface area contributed by atoms with Gasteiger partial charge in [-0.15, -0.1) is 11.3 Å². The molecule has 0 radical (unpaired) electrons. The second-order valence-electron chi connectivity index (χ2n) is 7.04. The van der Waals surface area contributed by atoms with Gasteiger partial charge in [0, 0.05) is 22.8 Å². The number of hydrogen-bond acceptors (Lipinski definition) is 5. The number of nitrogens with zero attached hydrogens (tertiary/aromatic N) is 1. The molecule has 3 heterocycles. The summed E-state index contributed by atoms with van der Waals surface area (Å²) < 4.78 is 6.29. The topological polar surface area (TPSA) is 75.8 Å². The molecule has 1 aromatic heterocycles. The molecule has 138 valence electrons. The molecule has 1 aromatic carbocycles. The number of amides is 1. The van der Waals surface area contributed by atoms with E-state index in [1.807, 2.05) is 17.4 Å². The Balaban J connectivity index is 1.57. The molecule has 3 N–H and O–H groups in total. The third kappa shape index (κ3) is 3.07. The summed E-state index contributed by atoms with van der Waals surface area (Å²) in [6, 6.07) is 11.9. The number of benzene rings is 1.